The molecule has 0 aromatic carbocycles. The highest BCUT2D eigenvalue weighted by molar-refractivity contribution is 8.01. The van der Waals surface area contributed by atoms with Crippen LogP contribution in [0.25, 0.3) is 0 Å². The van der Waals surface area contributed by atoms with Crippen molar-refractivity contribution < 1.29 is 5.11 Å². The van der Waals surface area contributed by atoms with E-state index < -0.39 is 0 Å². The molecule has 2 aliphatic rings. The number of aliphatic hydroxyl groups is 1. The van der Waals surface area contributed by atoms with Crippen LogP contribution < -0.4 is 0 Å². The lowest BCUT2D eigenvalue weighted by Gasteiger charge is -2.14. The Hall–Kier alpha value is 0.0500. The molecule has 2 bridgehead atoms. The van der Waals surface area contributed by atoms with E-state index in [9.17, 15) is 0 Å². The third kappa shape index (κ3) is 0.995. The topological polar surface area (TPSA) is 20.2 Å². The van der Waals surface area contributed by atoms with E-state index in [2.05, 4.69) is 23.9 Å². The normalized spacial score (nSPS) is 43.1. The van der Waals surface area contributed by atoms with E-state index in [0.29, 0.717) is 6.61 Å². The molecule has 0 saturated carbocycles. The first-order valence-corrected chi connectivity index (χ1v) is 4.79. The summed E-state index contributed by atoms with van der Waals surface area (Å²) >= 11 is 2.06. The van der Waals surface area contributed by atoms with Crippen LogP contribution >= 0.6 is 11.8 Å². The second kappa shape index (κ2) is 2.59. The number of thioether (sulfide) groups is 1. The first-order chi connectivity index (χ1) is 4.90. The van der Waals surface area contributed by atoms with Gasteiger partial charge in [0.1, 0.15) is 0 Å². The largest absolute Gasteiger partial charge is 0.396 e. The fraction of sp³-hybridized carbons (Fsp3) is 0.750. The average Bonchev–Trinajstić information content (AvgIpc) is 2.48. The Morgan fingerprint density at radius 1 is 1.50 bits per heavy atom. The maximum absolute atomic E-state index is 8.72. The molecular weight excluding hydrogens is 144 g/mol. The van der Waals surface area contributed by atoms with Crippen LogP contribution in [-0.4, -0.2) is 22.2 Å². The van der Waals surface area contributed by atoms with Crippen molar-refractivity contribution in [1.29, 1.82) is 0 Å². The molecule has 0 spiro atoms. The summed E-state index contributed by atoms with van der Waals surface area (Å²) in [6.45, 7) is 0.363. The van der Waals surface area contributed by atoms with Gasteiger partial charge < -0.3 is 5.11 Å². The first kappa shape index (κ1) is 6.74. The SMILES string of the molecule is OCCC1CC2C=CC1S2. The number of hydrogen-bond donors (Lipinski definition) is 1. The zero-order chi connectivity index (χ0) is 6.97. The van der Waals surface area contributed by atoms with Gasteiger partial charge in [-0.3, -0.25) is 0 Å². The number of aliphatic hydroxyl groups excluding tert-OH is 1. The molecule has 2 aliphatic heterocycles. The predicted octanol–water partition coefficient (Wildman–Crippen LogP) is 1.43. The van der Waals surface area contributed by atoms with E-state index in [0.717, 1.165) is 22.8 Å². The molecule has 1 fully saturated rings. The van der Waals surface area contributed by atoms with Gasteiger partial charge >= 0.3 is 0 Å². The van der Waals surface area contributed by atoms with Crippen LogP contribution in [0.5, 0.6) is 0 Å². The van der Waals surface area contributed by atoms with Gasteiger partial charge in [-0.25, -0.2) is 0 Å². The second-order valence-corrected chi connectivity index (χ2v) is 4.45. The summed E-state index contributed by atoms with van der Waals surface area (Å²) in [6.07, 6.45) is 6.91. The van der Waals surface area contributed by atoms with Crippen LogP contribution in [0.4, 0.5) is 0 Å². The van der Waals surface area contributed by atoms with Gasteiger partial charge in [-0.1, -0.05) is 12.2 Å². The average molecular weight is 156 g/mol. The molecule has 3 atom stereocenters. The summed E-state index contributed by atoms with van der Waals surface area (Å²) in [5.41, 5.74) is 0. The molecule has 10 heavy (non-hydrogen) atoms. The molecule has 1 N–H and O–H groups in total. The molecule has 3 unspecified atom stereocenters. The molecule has 0 amide bonds. The van der Waals surface area contributed by atoms with Gasteiger partial charge in [-0.15, -0.1) is 11.8 Å². The summed E-state index contributed by atoms with van der Waals surface area (Å²) < 4.78 is 0. The Kier molecular flexibility index (Phi) is 1.75. The van der Waals surface area contributed by atoms with Crippen LogP contribution in [0.3, 0.4) is 0 Å². The van der Waals surface area contributed by atoms with Crippen molar-refractivity contribution in [2.75, 3.05) is 6.61 Å². The highest BCUT2D eigenvalue weighted by atomic mass is 32.2. The predicted molar refractivity (Wildman–Crippen MR) is 44.1 cm³/mol. The van der Waals surface area contributed by atoms with Gasteiger partial charge in [0.2, 0.25) is 0 Å². The Balaban J connectivity index is 1.96. The van der Waals surface area contributed by atoms with E-state index in [4.69, 9.17) is 5.11 Å². The van der Waals surface area contributed by atoms with Crippen LogP contribution in [0, 0.1) is 5.92 Å². The summed E-state index contributed by atoms with van der Waals surface area (Å²) in [5.74, 6) is 0.769. The van der Waals surface area contributed by atoms with E-state index in [-0.39, 0.29) is 0 Å². The molecule has 2 rings (SSSR count). The highest BCUT2D eigenvalue weighted by Gasteiger charge is 2.35. The minimum Gasteiger partial charge on any atom is -0.396 e. The molecule has 2 heterocycles. The van der Waals surface area contributed by atoms with Crippen LogP contribution in [-0.2, 0) is 0 Å². The summed E-state index contributed by atoms with van der Waals surface area (Å²) in [7, 11) is 0. The molecule has 0 aromatic rings. The van der Waals surface area contributed by atoms with Gasteiger partial charge in [0, 0.05) is 17.1 Å². The first-order valence-electron chi connectivity index (χ1n) is 3.85. The minimum atomic E-state index is 0.363. The minimum absolute atomic E-state index is 0.363. The lowest BCUT2D eigenvalue weighted by Crippen LogP contribution is -2.12. The van der Waals surface area contributed by atoms with Crippen molar-refractivity contribution in [3.8, 4) is 0 Å². The Bertz CT molecular complexity index is 155. The lowest BCUT2D eigenvalue weighted by atomic mass is 9.92. The third-order valence-electron chi connectivity index (χ3n) is 2.35. The van der Waals surface area contributed by atoms with Gasteiger partial charge in [0.15, 0.2) is 0 Å². The second-order valence-electron chi connectivity index (χ2n) is 3.03. The monoisotopic (exact) mass is 156 g/mol. The number of hydrogen-bond acceptors (Lipinski definition) is 2. The maximum Gasteiger partial charge on any atom is 0.0434 e. The summed E-state index contributed by atoms with van der Waals surface area (Å²) in [6, 6.07) is 0. The molecule has 1 nitrogen and oxygen atoms in total. The van der Waals surface area contributed by atoms with Crippen LogP contribution in [0.1, 0.15) is 12.8 Å². The Labute approximate surface area is 65.5 Å². The fourth-order valence-corrected chi connectivity index (χ4v) is 3.40. The molecule has 0 radical (unpaired) electrons. The third-order valence-corrected chi connectivity index (χ3v) is 3.90. The van der Waals surface area contributed by atoms with E-state index in [1.807, 2.05) is 0 Å². The molecule has 2 heteroatoms. The quantitative estimate of drug-likeness (QED) is 0.610. The smallest absolute Gasteiger partial charge is 0.0434 e. The fourth-order valence-electron chi connectivity index (χ4n) is 1.81. The van der Waals surface area contributed by atoms with Crippen molar-refractivity contribution in [3.63, 3.8) is 0 Å². The zero-order valence-corrected chi connectivity index (χ0v) is 6.68. The van der Waals surface area contributed by atoms with Gasteiger partial charge in [0.25, 0.3) is 0 Å². The van der Waals surface area contributed by atoms with Crippen molar-refractivity contribution in [1.82, 2.24) is 0 Å². The lowest BCUT2D eigenvalue weighted by molar-refractivity contribution is 0.257. The van der Waals surface area contributed by atoms with E-state index >= 15 is 0 Å². The number of rotatable bonds is 2. The van der Waals surface area contributed by atoms with Crippen molar-refractivity contribution >= 4 is 11.8 Å². The van der Waals surface area contributed by atoms with Crippen LogP contribution in [0.2, 0.25) is 0 Å². The molecule has 1 saturated heterocycles. The number of fused-ring (bicyclic) bond motifs is 2. The van der Waals surface area contributed by atoms with Crippen molar-refractivity contribution in [3.05, 3.63) is 12.2 Å². The molecule has 56 valence electrons. The Morgan fingerprint density at radius 2 is 2.40 bits per heavy atom. The van der Waals surface area contributed by atoms with E-state index in [1.54, 1.807) is 0 Å². The Morgan fingerprint density at radius 3 is 2.90 bits per heavy atom. The van der Waals surface area contributed by atoms with Crippen molar-refractivity contribution in [2.24, 2.45) is 5.92 Å². The standard InChI is InChI=1S/C8H12OS/c9-4-3-6-5-7-1-2-8(6)10-7/h1-2,6-9H,3-5H2. The van der Waals surface area contributed by atoms with Gasteiger partial charge in [-0.2, -0.15) is 0 Å². The maximum atomic E-state index is 8.72. The molecule has 0 aromatic heterocycles. The molecular formula is C8H12OS. The highest BCUT2D eigenvalue weighted by Crippen LogP contribution is 2.45. The summed E-state index contributed by atoms with van der Waals surface area (Å²) in [4.78, 5) is 0. The summed E-state index contributed by atoms with van der Waals surface area (Å²) in [5, 5.41) is 10.2. The van der Waals surface area contributed by atoms with Gasteiger partial charge in [0.05, 0.1) is 0 Å². The molecule has 0 aliphatic carbocycles. The van der Waals surface area contributed by atoms with Crippen molar-refractivity contribution in [2.45, 2.75) is 23.3 Å². The van der Waals surface area contributed by atoms with Crippen LogP contribution in [0.15, 0.2) is 12.2 Å². The zero-order valence-electron chi connectivity index (χ0n) is 5.86. The van der Waals surface area contributed by atoms with Gasteiger partial charge in [-0.05, 0) is 18.8 Å². The van der Waals surface area contributed by atoms with E-state index in [1.165, 1.54) is 6.42 Å².